The number of amides is 2. The van der Waals surface area contributed by atoms with Gasteiger partial charge >= 0.3 is 6.03 Å². The molecule has 2 heterocycles. The summed E-state index contributed by atoms with van der Waals surface area (Å²) < 4.78 is 11.9. The van der Waals surface area contributed by atoms with Crippen molar-refractivity contribution in [3.05, 3.63) is 54.5 Å². The van der Waals surface area contributed by atoms with E-state index in [0.29, 0.717) is 6.04 Å². The Balaban J connectivity index is 0.000000236. The zero-order valence-corrected chi connectivity index (χ0v) is 14.9. The number of nitrogens with zero attached hydrogens (tertiary/aromatic N) is 4. The minimum Gasteiger partial charge on any atom is -0.353 e. The number of aromatic nitrogens is 2. The van der Waals surface area contributed by atoms with Gasteiger partial charge in [-0.3, -0.25) is 0 Å². The van der Waals surface area contributed by atoms with Crippen molar-refractivity contribution in [3.63, 3.8) is 0 Å². The second-order valence-electron chi connectivity index (χ2n) is 6.60. The van der Waals surface area contributed by atoms with Crippen LogP contribution in [-0.2, 0) is 0 Å². The zero-order chi connectivity index (χ0) is 18.4. The van der Waals surface area contributed by atoms with Gasteiger partial charge in [0, 0.05) is 32.4 Å². The van der Waals surface area contributed by atoms with Crippen LogP contribution in [0, 0.1) is 5.82 Å². The summed E-state index contributed by atoms with van der Waals surface area (Å²) in [4.78, 5) is 16.0. The molecule has 1 aromatic carbocycles. The van der Waals surface area contributed by atoms with Crippen LogP contribution in [-0.4, -0.2) is 53.3 Å². The van der Waals surface area contributed by atoms with Gasteiger partial charge in [0.05, 0.1) is 6.04 Å². The van der Waals surface area contributed by atoms with Gasteiger partial charge in [0.25, 0.3) is 0 Å². The Bertz CT molecular complexity index is 696. The van der Waals surface area contributed by atoms with Crippen molar-refractivity contribution in [2.45, 2.75) is 31.3 Å². The summed E-state index contributed by atoms with van der Waals surface area (Å²) in [7, 11) is 1.88. The van der Waals surface area contributed by atoms with Gasteiger partial charge < -0.3 is 15.1 Å². The molecule has 1 aromatic heterocycles. The summed E-state index contributed by atoms with van der Waals surface area (Å²) in [6.07, 6.45) is 4.89. The predicted molar refractivity (Wildman–Crippen MR) is 98.4 cm³/mol. The van der Waals surface area contributed by atoms with Gasteiger partial charge in [0.2, 0.25) is 0 Å². The number of carbonyl (C=O) groups is 1. The number of hydrogen-bond donors (Lipinski definition) is 1. The van der Waals surface area contributed by atoms with E-state index in [2.05, 4.69) is 20.4 Å². The number of benzene rings is 1. The van der Waals surface area contributed by atoms with Gasteiger partial charge in [-0.1, -0.05) is 18.2 Å². The molecular formula is C19H24FN5O. The minimum absolute atomic E-state index is 0.0495. The lowest BCUT2D eigenvalue weighted by Crippen LogP contribution is -2.45. The zero-order valence-electron chi connectivity index (χ0n) is 14.9. The SMILES string of the molecule is CN(C(=O)NC1CC1)C1CCN(c2cccnn2)C1.Fc1ccccc1. The first-order valence-corrected chi connectivity index (χ1v) is 8.90. The van der Waals surface area contributed by atoms with E-state index in [0.717, 1.165) is 38.2 Å². The highest BCUT2D eigenvalue weighted by Crippen LogP contribution is 2.22. The summed E-state index contributed by atoms with van der Waals surface area (Å²) in [6, 6.07) is 12.5. The van der Waals surface area contributed by atoms with E-state index in [1.807, 2.05) is 24.1 Å². The molecular weight excluding hydrogens is 333 g/mol. The molecule has 7 heteroatoms. The van der Waals surface area contributed by atoms with Crippen molar-refractivity contribution in [1.82, 2.24) is 20.4 Å². The van der Waals surface area contributed by atoms with Crippen LogP contribution in [0.25, 0.3) is 0 Å². The van der Waals surface area contributed by atoms with Gasteiger partial charge in [-0.2, -0.15) is 5.10 Å². The maximum Gasteiger partial charge on any atom is 0.317 e. The topological polar surface area (TPSA) is 61.4 Å². The first-order valence-electron chi connectivity index (χ1n) is 8.90. The second-order valence-corrected chi connectivity index (χ2v) is 6.60. The van der Waals surface area contributed by atoms with Crippen molar-refractivity contribution >= 4 is 11.8 Å². The minimum atomic E-state index is -0.178. The lowest BCUT2D eigenvalue weighted by molar-refractivity contribution is 0.194. The van der Waals surface area contributed by atoms with E-state index >= 15 is 0 Å². The molecule has 26 heavy (non-hydrogen) atoms. The van der Waals surface area contributed by atoms with Gasteiger partial charge in [0.15, 0.2) is 5.82 Å². The van der Waals surface area contributed by atoms with Crippen LogP contribution in [0.5, 0.6) is 0 Å². The van der Waals surface area contributed by atoms with E-state index in [-0.39, 0.29) is 17.9 Å². The van der Waals surface area contributed by atoms with E-state index in [4.69, 9.17) is 0 Å². The average Bonchev–Trinajstić information content (AvgIpc) is 3.35. The number of carbonyl (C=O) groups excluding carboxylic acids is 1. The summed E-state index contributed by atoms with van der Waals surface area (Å²) >= 11 is 0. The number of nitrogens with one attached hydrogen (secondary N) is 1. The fourth-order valence-electron chi connectivity index (χ4n) is 2.81. The Kier molecular flexibility index (Phi) is 5.99. The van der Waals surface area contributed by atoms with E-state index in [1.165, 1.54) is 12.1 Å². The molecule has 1 aliphatic carbocycles. The summed E-state index contributed by atoms with van der Waals surface area (Å²) in [5.74, 6) is 0.712. The molecule has 6 nitrogen and oxygen atoms in total. The van der Waals surface area contributed by atoms with Gasteiger partial charge in [-0.15, -0.1) is 5.10 Å². The molecule has 2 fully saturated rings. The maximum absolute atomic E-state index is 12.0. The van der Waals surface area contributed by atoms with Crippen LogP contribution < -0.4 is 10.2 Å². The van der Waals surface area contributed by atoms with Gasteiger partial charge in [-0.25, -0.2) is 9.18 Å². The van der Waals surface area contributed by atoms with Crippen LogP contribution >= 0.6 is 0 Å². The molecule has 0 spiro atoms. The van der Waals surface area contributed by atoms with Crippen LogP contribution in [0.15, 0.2) is 48.7 Å². The molecule has 1 aliphatic heterocycles. The number of likely N-dealkylation sites (N-methyl/N-ethyl adjacent to an activating group) is 1. The second kappa shape index (κ2) is 8.60. The Morgan fingerprint density at radius 3 is 2.54 bits per heavy atom. The number of anilines is 1. The Morgan fingerprint density at radius 1 is 1.19 bits per heavy atom. The van der Waals surface area contributed by atoms with Crippen molar-refractivity contribution in [2.75, 3.05) is 25.0 Å². The molecule has 1 N–H and O–H groups in total. The molecule has 2 amide bonds. The highest BCUT2D eigenvalue weighted by Gasteiger charge is 2.31. The largest absolute Gasteiger partial charge is 0.353 e. The molecule has 1 saturated heterocycles. The number of halogens is 1. The number of rotatable bonds is 3. The third-order valence-electron chi connectivity index (χ3n) is 4.55. The highest BCUT2D eigenvalue weighted by atomic mass is 19.1. The maximum atomic E-state index is 12.0. The van der Waals surface area contributed by atoms with Crippen LogP contribution in [0.4, 0.5) is 15.0 Å². The first kappa shape index (κ1) is 18.1. The Morgan fingerprint density at radius 2 is 1.96 bits per heavy atom. The lowest BCUT2D eigenvalue weighted by Gasteiger charge is -2.25. The third-order valence-corrected chi connectivity index (χ3v) is 4.55. The van der Waals surface area contributed by atoms with E-state index in [9.17, 15) is 9.18 Å². The molecule has 0 bridgehead atoms. The fraction of sp³-hybridized carbons (Fsp3) is 0.421. The van der Waals surface area contributed by atoms with E-state index < -0.39 is 0 Å². The first-order chi connectivity index (χ1) is 12.6. The van der Waals surface area contributed by atoms with Crippen molar-refractivity contribution in [1.29, 1.82) is 0 Å². The molecule has 2 aromatic rings. The molecule has 2 aliphatic rings. The molecule has 1 atom stereocenters. The van der Waals surface area contributed by atoms with Crippen molar-refractivity contribution in [2.24, 2.45) is 0 Å². The Hall–Kier alpha value is -2.70. The predicted octanol–water partition coefficient (Wildman–Crippen LogP) is 2.68. The normalized spacial score (nSPS) is 18.7. The van der Waals surface area contributed by atoms with Gasteiger partial charge in [0.1, 0.15) is 5.82 Å². The smallest absolute Gasteiger partial charge is 0.317 e. The lowest BCUT2D eigenvalue weighted by atomic mass is 10.2. The van der Waals surface area contributed by atoms with Crippen LogP contribution in [0.3, 0.4) is 0 Å². The van der Waals surface area contributed by atoms with Crippen LogP contribution in [0.2, 0.25) is 0 Å². The molecule has 0 radical (unpaired) electrons. The Labute approximate surface area is 153 Å². The van der Waals surface area contributed by atoms with E-state index in [1.54, 1.807) is 24.4 Å². The number of hydrogen-bond acceptors (Lipinski definition) is 4. The standard InChI is InChI=1S/C13H19N5O.C6H5F/c1-17(13(19)15-10-4-5-10)11-6-8-18(9-11)12-3-2-7-14-16-12;7-6-4-2-1-3-5-6/h2-3,7,10-11H,4-6,8-9H2,1H3,(H,15,19);1-5H. The quantitative estimate of drug-likeness (QED) is 0.917. The monoisotopic (exact) mass is 357 g/mol. The summed E-state index contributed by atoms with van der Waals surface area (Å²) in [5.41, 5.74) is 0. The molecule has 1 unspecified atom stereocenters. The van der Waals surface area contributed by atoms with Gasteiger partial charge in [-0.05, 0) is 43.5 Å². The highest BCUT2D eigenvalue weighted by molar-refractivity contribution is 5.75. The molecule has 138 valence electrons. The average molecular weight is 357 g/mol. The molecule has 1 saturated carbocycles. The number of urea groups is 1. The van der Waals surface area contributed by atoms with Crippen molar-refractivity contribution < 1.29 is 9.18 Å². The van der Waals surface area contributed by atoms with Crippen LogP contribution in [0.1, 0.15) is 19.3 Å². The summed E-state index contributed by atoms with van der Waals surface area (Å²) in [6.45, 7) is 1.75. The fourth-order valence-corrected chi connectivity index (χ4v) is 2.81. The molecule has 4 rings (SSSR count). The third kappa shape index (κ3) is 5.15. The van der Waals surface area contributed by atoms with Crippen molar-refractivity contribution in [3.8, 4) is 0 Å². The summed E-state index contributed by atoms with van der Waals surface area (Å²) in [5, 5.41) is 11.0.